The van der Waals surface area contributed by atoms with Crippen LogP contribution in [-0.4, -0.2) is 6.26 Å². The monoisotopic (exact) mass is 192 g/mol. The highest BCUT2D eigenvalue weighted by Crippen LogP contribution is 2.34. The van der Waals surface area contributed by atoms with Crippen LogP contribution in [0, 0.1) is 0 Å². The molecule has 1 aromatic rings. The van der Waals surface area contributed by atoms with Gasteiger partial charge in [0.25, 0.3) is 0 Å². The Labute approximate surface area is 85.1 Å². The van der Waals surface area contributed by atoms with E-state index in [-0.39, 0.29) is 0 Å². The van der Waals surface area contributed by atoms with Crippen LogP contribution < -0.4 is 0 Å². The van der Waals surface area contributed by atoms with Gasteiger partial charge in [0.15, 0.2) is 0 Å². The summed E-state index contributed by atoms with van der Waals surface area (Å²) in [6, 6.07) is 10.6. The van der Waals surface area contributed by atoms with Crippen LogP contribution in [0.5, 0.6) is 0 Å². The fraction of sp³-hybridized carbons (Fsp3) is 0.333. The molecule has 1 rings (SSSR count). The van der Waals surface area contributed by atoms with Crippen LogP contribution >= 0.6 is 11.8 Å². The normalized spacial score (nSPS) is 12.5. The van der Waals surface area contributed by atoms with Gasteiger partial charge >= 0.3 is 0 Å². The van der Waals surface area contributed by atoms with Crippen molar-refractivity contribution >= 4 is 11.8 Å². The highest BCUT2D eigenvalue weighted by molar-refractivity contribution is 7.99. The van der Waals surface area contributed by atoms with E-state index in [4.69, 9.17) is 0 Å². The smallest absolute Gasteiger partial charge is 0.0501 e. The fourth-order valence-corrected chi connectivity index (χ4v) is 2.28. The average Bonchev–Trinajstić information content (AvgIpc) is 2.20. The van der Waals surface area contributed by atoms with Gasteiger partial charge in [0, 0.05) is 0 Å². The van der Waals surface area contributed by atoms with E-state index >= 15 is 0 Å². The van der Waals surface area contributed by atoms with Crippen LogP contribution in [0.3, 0.4) is 0 Å². The molecule has 0 aliphatic rings. The quantitative estimate of drug-likeness (QED) is 0.648. The first-order chi connectivity index (χ1) is 6.29. The van der Waals surface area contributed by atoms with Crippen molar-refractivity contribution in [2.24, 2.45) is 0 Å². The zero-order valence-electron chi connectivity index (χ0n) is 8.29. The zero-order valence-corrected chi connectivity index (χ0v) is 9.10. The van der Waals surface area contributed by atoms with E-state index in [0.717, 1.165) is 6.42 Å². The Balaban J connectivity index is 2.85. The third kappa shape index (κ3) is 2.63. The third-order valence-electron chi connectivity index (χ3n) is 2.16. The largest absolute Gasteiger partial charge is 0.153 e. The lowest BCUT2D eigenvalue weighted by Gasteiger charge is -2.16. The van der Waals surface area contributed by atoms with Gasteiger partial charge in [0.1, 0.15) is 0 Å². The second-order valence-electron chi connectivity index (χ2n) is 3.04. The molecule has 0 amide bonds. The fourth-order valence-electron chi connectivity index (χ4n) is 1.35. The van der Waals surface area contributed by atoms with E-state index in [1.165, 1.54) is 11.1 Å². The number of benzene rings is 1. The van der Waals surface area contributed by atoms with Gasteiger partial charge in [-0.1, -0.05) is 49.4 Å². The van der Waals surface area contributed by atoms with E-state index in [9.17, 15) is 0 Å². The van der Waals surface area contributed by atoms with E-state index in [0.29, 0.717) is 5.25 Å². The van der Waals surface area contributed by atoms with Crippen molar-refractivity contribution in [2.45, 2.75) is 18.6 Å². The van der Waals surface area contributed by atoms with Crippen LogP contribution in [0.1, 0.15) is 24.2 Å². The third-order valence-corrected chi connectivity index (χ3v) is 3.24. The summed E-state index contributed by atoms with van der Waals surface area (Å²) in [4.78, 5) is 0. The van der Waals surface area contributed by atoms with Gasteiger partial charge in [0.2, 0.25) is 0 Å². The molecule has 0 saturated carbocycles. The molecule has 1 aromatic carbocycles. The van der Waals surface area contributed by atoms with E-state index in [1.54, 1.807) is 0 Å². The second kappa shape index (κ2) is 5.13. The van der Waals surface area contributed by atoms with Gasteiger partial charge in [-0.25, -0.2) is 0 Å². The van der Waals surface area contributed by atoms with Crippen molar-refractivity contribution in [3.8, 4) is 0 Å². The van der Waals surface area contributed by atoms with Crippen LogP contribution in [0.2, 0.25) is 0 Å². The predicted molar refractivity (Wildman–Crippen MR) is 62.1 cm³/mol. The summed E-state index contributed by atoms with van der Waals surface area (Å²) in [5.74, 6) is 0. The number of thioether (sulfide) groups is 1. The Hall–Kier alpha value is -0.690. The predicted octanol–water partition coefficient (Wildman–Crippen LogP) is 4.06. The molecule has 0 aromatic heterocycles. The summed E-state index contributed by atoms with van der Waals surface area (Å²) in [7, 11) is 0. The molecular formula is C12H16S. The number of hydrogen-bond donors (Lipinski definition) is 0. The Morgan fingerprint density at radius 2 is 2.00 bits per heavy atom. The van der Waals surface area contributed by atoms with Crippen molar-refractivity contribution in [3.05, 3.63) is 48.0 Å². The van der Waals surface area contributed by atoms with Crippen LogP contribution in [0.25, 0.3) is 0 Å². The van der Waals surface area contributed by atoms with Gasteiger partial charge in [-0.3, -0.25) is 0 Å². The summed E-state index contributed by atoms with van der Waals surface area (Å²) in [5, 5.41) is 0.464. The lowest BCUT2D eigenvalue weighted by Crippen LogP contribution is -1.95. The van der Waals surface area contributed by atoms with Crippen molar-refractivity contribution in [1.29, 1.82) is 0 Å². The molecule has 0 radical (unpaired) electrons. The lowest BCUT2D eigenvalue weighted by molar-refractivity contribution is 0.995. The van der Waals surface area contributed by atoms with Crippen molar-refractivity contribution < 1.29 is 0 Å². The minimum absolute atomic E-state index is 0.464. The maximum atomic E-state index is 4.10. The number of hydrogen-bond acceptors (Lipinski definition) is 1. The van der Waals surface area contributed by atoms with E-state index in [1.807, 2.05) is 11.8 Å². The van der Waals surface area contributed by atoms with Gasteiger partial charge in [-0.05, 0) is 18.2 Å². The van der Waals surface area contributed by atoms with E-state index in [2.05, 4.69) is 50.1 Å². The molecule has 70 valence electrons. The molecule has 0 fully saturated rings. The average molecular weight is 192 g/mol. The Morgan fingerprint density at radius 3 is 2.46 bits per heavy atom. The molecule has 0 aliphatic heterocycles. The SMILES string of the molecule is C=C(CC)C(SC)c1ccccc1. The minimum Gasteiger partial charge on any atom is -0.153 e. The highest BCUT2D eigenvalue weighted by atomic mass is 32.2. The minimum atomic E-state index is 0.464. The molecule has 0 bridgehead atoms. The Kier molecular flexibility index (Phi) is 4.10. The van der Waals surface area contributed by atoms with Gasteiger partial charge < -0.3 is 0 Å². The van der Waals surface area contributed by atoms with Crippen molar-refractivity contribution in [1.82, 2.24) is 0 Å². The highest BCUT2D eigenvalue weighted by Gasteiger charge is 2.11. The Morgan fingerprint density at radius 1 is 1.38 bits per heavy atom. The standard InChI is InChI=1S/C12H16S/c1-4-10(2)12(13-3)11-8-6-5-7-9-11/h5-9,12H,2,4H2,1,3H3. The van der Waals surface area contributed by atoms with Gasteiger partial charge in [-0.2, -0.15) is 11.8 Å². The molecule has 0 saturated heterocycles. The maximum absolute atomic E-state index is 4.10. The topological polar surface area (TPSA) is 0 Å². The molecule has 0 N–H and O–H groups in total. The summed E-state index contributed by atoms with van der Waals surface area (Å²) in [6.07, 6.45) is 3.19. The van der Waals surface area contributed by atoms with Crippen molar-refractivity contribution in [3.63, 3.8) is 0 Å². The van der Waals surface area contributed by atoms with Gasteiger partial charge in [-0.15, -0.1) is 0 Å². The van der Waals surface area contributed by atoms with Crippen LogP contribution in [0.4, 0.5) is 0 Å². The molecule has 0 spiro atoms. The first kappa shape index (κ1) is 10.4. The summed E-state index contributed by atoms with van der Waals surface area (Å²) >= 11 is 1.86. The molecular weight excluding hydrogens is 176 g/mol. The summed E-state index contributed by atoms with van der Waals surface area (Å²) in [6.45, 7) is 6.26. The van der Waals surface area contributed by atoms with Crippen LogP contribution in [0.15, 0.2) is 42.5 Å². The molecule has 0 aliphatic carbocycles. The Bertz CT molecular complexity index is 264. The van der Waals surface area contributed by atoms with Crippen LogP contribution in [-0.2, 0) is 0 Å². The molecule has 1 heteroatoms. The second-order valence-corrected chi connectivity index (χ2v) is 3.98. The molecule has 13 heavy (non-hydrogen) atoms. The molecule has 0 heterocycles. The first-order valence-corrected chi connectivity index (χ1v) is 5.83. The maximum Gasteiger partial charge on any atom is 0.0501 e. The first-order valence-electron chi connectivity index (χ1n) is 4.55. The van der Waals surface area contributed by atoms with E-state index < -0.39 is 0 Å². The summed E-state index contributed by atoms with van der Waals surface area (Å²) < 4.78 is 0. The zero-order chi connectivity index (χ0) is 9.68. The molecule has 1 atom stereocenters. The van der Waals surface area contributed by atoms with Crippen molar-refractivity contribution in [2.75, 3.05) is 6.26 Å². The number of rotatable bonds is 4. The van der Waals surface area contributed by atoms with Gasteiger partial charge in [0.05, 0.1) is 5.25 Å². The summed E-state index contributed by atoms with van der Waals surface area (Å²) in [5.41, 5.74) is 2.67. The molecule has 0 nitrogen and oxygen atoms in total. The molecule has 1 unspecified atom stereocenters. The lowest BCUT2D eigenvalue weighted by atomic mass is 10.0.